The Morgan fingerprint density at radius 3 is 2.47 bits per heavy atom. The summed E-state index contributed by atoms with van der Waals surface area (Å²) >= 11 is 0. The van der Waals surface area contributed by atoms with Crippen LogP contribution in [0.1, 0.15) is 69.1 Å². The Balaban J connectivity index is 2.34. The van der Waals surface area contributed by atoms with E-state index in [1.165, 1.54) is 32.1 Å². The van der Waals surface area contributed by atoms with Gasteiger partial charge in [0.1, 0.15) is 5.75 Å². The fraction of sp³-hybridized carbons (Fsp3) is 0.647. The number of aliphatic hydroxyl groups excluding tert-OH is 1. The highest BCUT2D eigenvalue weighted by molar-refractivity contribution is 5.37. The number of benzene rings is 1. The largest absolute Gasteiger partial charge is 0.496 e. The molecule has 1 N–H and O–H groups in total. The summed E-state index contributed by atoms with van der Waals surface area (Å²) in [5.74, 6) is 0.861. The van der Waals surface area contributed by atoms with Crippen molar-refractivity contribution in [2.75, 3.05) is 7.11 Å². The van der Waals surface area contributed by atoms with Crippen molar-refractivity contribution < 1.29 is 9.84 Å². The Morgan fingerprint density at radius 2 is 1.79 bits per heavy atom. The highest BCUT2D eigenvalue weighted by Crippen LogP contribution is 2.26. The number of aryl methyl sites for hydroxylation is 1. The number of rotatable bonds is 9. The van der Waals surface area contributed by atoms with Gasteiger partial charge < -0.3 is 9.84 Å². The van der Waals surface area contributed by atoms with E-state index in [1.54, 1.807) is 7.11 Å². The minimum Gasteiger partial charge on any atom is -0.496 e. The van der Waals surface area contributed by atoms with Crippen molar-refractivity contribution in [2.45, 2.75) is 64.9 Å². The van der Waals surface area contributed by atoms with Gasteiger partial charge in [-0.3, -0.25) is 0 Å². The van der Waals surface area contributed by atoms with Crippen LogP contribution in [-0.4, -0.2) is 12.2 Å². The number of aliphatic hydroxyl groups is 1. The van der Waals surface area contributed by atoms with Gasteiger partial charge in [-0.05, 0) is 30.5 Å². The van der Waals surface area contributed by atoms with Crippen LogP contribution in [-0.2, 0) is 0 Å². The molecule has 1 unspecified atom stereocenters. The topological polar surface area (TPSA) is 29.5 Å². The number of methoxy groups -OCH3 is 1. The van der Waals surface area contributed by atoms with Gasteiger partial charge in [-0.2, -0.15) is 0 Å². The van der Waals surface area contributed by atoms with Gasteiger partial charge in [-0.25, -0.2) is 0 Å². The molecule has 108 valence electrons. The van der Waals surface area contributed by atoms with Crippen molar-refractivity contribution in [3.8, 4) is 5.75 Å². The van der Waals surface area contributed by atoms with Crippen LogP contribution in [0.5, 0.6) is 5.75 Å². The zero-order valence-corrected chi connectivity index (χ0v) is 12.6. The van der Waals surface area contributed by atoms with E-state index in [0.29, 0.717) is 0 Å². The smallest absolute Gasteiger partial charge is 0.122 e. The monoisotopic (exact) mass is 264 g/mol. The second-order valence-electron chi connectivity index (χ2n) is 5.30. The fourth-order valence-corrected chi connectivity index (χ4v) is 2.33. The standard InChI is InChI=1S/C17H28O2/c1-4-5-6-7-8-9-10-16(18)15-12-11-14(2)17(13-15)19-3/h11-13,16,18H,4-10H2,1-3H3. The summed E-state index contributed by atoms with van der Waals surface area (Å²) in [6.45, 7) is 4.25. The SMILES string of the molecule is CCCCCCCCC(O)c1ccc(C)c(OC)c1. The van der Waals surface area contributed by atoms with Gasteiger partial charge >= 0.3 is 0 Å². The van der Waals surface area contributed by atoms with E-state index < -0.39 is 0 Å². The third-order valence-electron chi connectivity index (χ3n) is 3.65. The lowest BCUT2D eigenvalue weighted by atomic mass is 10.0. The molecule has 1 aromatic carbocycles. The molecular formula is C17H28O2. The van der Waals surface area contributed by atoms with Crippen molar-refractivity contribution >= 4 is 0 Å². The van der Waals surface area contributed by atoms with Crippen LogP contribution in [0.2, 0.25) is 0 Å². The van der Waals surface area contributed by atoms with Gasteiger partial charge in [-0.15, -0.1) is 0 Å². The van der Waals surface area contributed by atoms with E-state index in [-0.39, 0.29) is 6.10 Å². The molecule has 0 amide bonds. The lowest BCUT2D eigenvalue weighted by Crippen LogP contribution is -1.99. The summed E-state index contributed by atoms with van der Waals surface area (Å²) < 4.78 is 5.29. The molecule has 0 aliphatic rings. The second-order valence-corrected chi connectivity index (χ2v) is 5.30. The fourth-order valence-electron chi connectivity index (χ4n) is 2.33. The Hall–Kier alpha value is -1.02. The molecule has 0 saturated heterocycles. The van der Waals surface area contributed by atoms with Crippen molar-refractivity contribution in [2.24, 2.45) is 0 Å². The third-order valence-corrected chi connectivity index (χ3v) is 3.65. The number of ether oxygens (including phenoxy) is 1. The maximum atomic E-state index is 10.2. The molecular weight excluding hydrogens is 236 g/mol. The predicted molar refractivity (Wildman–Crippen MR) is 80.7 cm³/mol. The van der Waals surface area contributed by atoms with E-state index in [1.807, 2.05) is 25.1 Å². The lowest BCUT2D eigenvalue weighted by Gasteiger charge is -2.13. The average Bonchev–Trinajstić information content (AvgIpc) is 2.43. The Morgan fingerprint density at radius 1 is 1.11 bits per heavy atom. The highest BCUT2D eigenvalue weighted by Gasteiger charge is 2.09. The van der Waals surface area contributed by atoms with Crippen LogP contribution in [0.15, 0.2) is 18.2 Å². The molecule has 0 spiro atoms. The van der Waals surface area contributed by atoms with Crippen LogP contribution in [0, 0.1) is 6.92 Å². The molecule has 0 saturated carbocycles. The van der Waals surface area contributed by atoms with E-state index >= 15 is 0 Å². The molecule has 1 aromatic rings. The average molecular weight is 264 g/mol. The first-order chi connectivity index (χ1) is 9.19. The summed E-state index contributed by atoms with van der Waals surface area (Å²) in [7, 11) is 1.67. The van der Waals surface area contributed by atoms with E-state index in [9.17, 15) is 5.11 Å². The van der Waals surface area contributed by atoms with Gasteiger partial charge in [0.2, 0.25) is 0 Å². The predicted octanol–water partition coefficient (Wildman–Crippen LogP) is 4.79. The van der Waals surface area contributed by atoms with E-state index in [2.05, 4.69) is 6.92 Å². The summed E-state index contributed by atoms with van der Waals surface area (Å²) in [5.41, 5.74) is 2.08. The summed E-state index contributed by atoms with van der Waals surface area (Å²) in [4.78, 5) is 0. The van der Waals surface area contributed by atoms with E-state index in [0.717, 1.165) is 29.7 Å². The van der Waals surface area contributed by atoms with Gasteiger partial charge in [0.15, 0.2) is 0 Å². The first-order valence-corrected chi connectivity index (χ1v) is 7.51. The lowest BCUT2D eigenvalue weighted by molar-refractivity contribution is 0.163. The van der Waals surface area contributed by atoms with Crippen molar-refractivity contribution in [3.63, 3.8) is 0 Å². The van der Waals surface area contributed by atoms with Gasteiger partial charge in [0.25, 0.3) is 0 Å². The van der Waals surface area contributed by atoms with Gasteiger partial charge in [0.05, 0.1) is 13.2 Å². The Labute approximate surface area is 117 Å². The summed E-state index contributed by atoms with van der Waals surface area (Å²) in [5, 5.41) is 10.2. The van der Waals surface area contributed by atoms with Gasteiger partial charge in [0, 0.05) is 0 Å². The minimum absolute atomic E-state index is 0.360. The first-order valence-electron chi connectivity index (χ1n) is 7.51. The van der Waals surface area contributed by atoms with Crippen LogP contribution in [0.4, 0.5) is 0 Å². The molecule has 0 radical (unpaired) electrons. The van der Waals surface area contributed by atoms with Crippen molar-refractivity contribution in [3.05, 3.63) is 29.3 Å². The molecule has 2 nitrogen and oxygen atoms in total. The molecule has 0 aliphatic heterocycles. The maximum Gasteiger partial charge on any atom is 0.122 e. The normalized spacial score (nSPS) is 12.4. The minimum atomic E-state index is -0.360. The summed E-state index contributed by atoms with van der Waals surface area (Å²) in [6, 6.07) is 5.97. The molecule has 0 aliphatic carbocycles. The number of unbranched alkanes of at least 4 members (excludes halogenated alkanes) is 5. The zero-order valence-electron chi connectivity index (χ0n) is 12.6. The molecule has 2 heteroatoms. The zero-order chi connectivity index (χ0) is 14.1. The number of hydrogen-bond acceptors (Lipinski definition) is 2. The molecule has 0 aromatic heterocycles. The molecule has 1 atom stereocenters. The van der Waals surface area contributed by atoms with Gasteiger partial charge in [-0.1, -0.05) is 57.6 Å². The highest BCUT2D eigenvalue weighted by atomic mass is 16.5. The van der Waals surface area contributed by atoms with Crippen molar-refractivity contribution in [1.29, 1.82) is 0 Å². The number of hydrogen-bond donors (Lipinski definition) is 1. The van der Waals surface area contributed by atoms with Crippen LogP contribution >= 0.6 is 0 Å². The van der Waals surface area contributed by atoms with E-state index in [4.69, 9.17) is 4.74 Å². The molecule has 19 heavy (non-hydrogen) atoms. The first kappa shape index (κ1) is 16.0. The quantitative estimate of drug-likeness (QED) is 0.650. The van der Waals surface area contributed by atoms with Crippen LogP contribution < -0.4 is 4.74 Å². The molecule has 1 rings (SSSR count). The molecule has 0 fully saturated rings. The molecule has 0 bridgehead atoms. The second kappa shape index (κ2) is 8.98. The molecule has 0 heterocycles. The van der Waals surface area contributed by atoms with Crippen molar-refractivity contribution in [1.82, 2.24) is 0 Å². The Kier molecular flexibility index (Phi) is 7.57. The van der Waals surface area contributed by atoms with Crippen LogP contribution in [0.25, 0.3) is 0 Å². The third kappa shape index (κ3) is 5.65. The van der Waals surface area contributed by atoms with Crippen LogP contribution in [0.3, 0.4) is 0 Å². The Bertz CT molecular complexity index is 360. The summed E-state index contributed by atoms with van der Waals surface area (Å²) in [6.07, 6.45) is 8.03. The maximum absolute atomic E-state index is 10.2.